The zero-order valence-electron chi connectivity index (χ0n) is 13.4. The Morgan fingerprint density at radius 1 is 1.24 bits per heavy atom. The summed E-state index contributed by atoms with van der Waals surface area (Å²) in [4.78, 5) is 8.95. The molecule has 3 heteroatoms. The van der Waals surface area contributed by atoms with E-state index in [4.69, 9.17) is 0 Å². The standard InChI is InChI=1S/C18H27N3/c1-15(2)8-9-20-10-12-21(13-11-20)18-7-5-6-17(14-18)16(3)19-4/h5-7,14-15H,3-4,8-13H2,1-2H3. The number of benzene rings is 1. The monoisotopic (exact) mass is 285 g/mol. The van der Waals surface area contributed by atoms with Crippen LogP contribution in [0.1, 0.15) is 25.8 Å². The SMILES string of the molecule is C=NC(=C)c1cccc(N2CCN(CCC(C)C)CC2)c1. The molecule has 1 aliphatic heterocycles. The van der Waals surface area contributed by atoms with Gasteiger partial charge in [-0.3, -0.25) is 9.89 Å². The van der Waals surface area contributed by atoms with Crippen LogP contribution in [0.2, 0.25) is 0 Å². The van der Waals surface area contributed by atoms with Gasteiger partial charge in [-0.25, -0.2) is 0 Å². The molecule has 1 aliphatic rings. The molecule has 0 unspecified atom stereocenters. The minimum atomic E-state index is 0.743. The van der Waals surface area contributed by atoms with Crippen molar-refractivity contribution in [2.75, 3.05) is 37.6 Å². The predicted molar refractivity (Wildman–Crippen MR) is 93.1 cm³/mol. The number of anilines is 1. The van der Waals surface area contributed by atoms with E-state index in [0.29, 0.717) is 0 Å². The van der Waals surface area contributed by atoms with Crippen LogP contribution in [0.15, 0.2) is 35.8 Å². The molecule has 2 rings (SSSR count). The highest BCUT2D eigenvalue weighted by Crippen LogP contribution is 2.22. The first-order valence-corrected chi connectivity index (χ1v) is 7.83. The summed E-state index contributed by atoms with van der Waals surface area (Å²) in [5.74, 6) is 0.789. The van der Waals surface area contributed by atoms with Crippen molar-refractivity contribution < 1.29 is 0 Å². The topological polar surface area (TPSA) is 18.8 Å². The fourth-order valence-corrected chi connectivity index (χ4v) is 2.64. The number of rotatable bonds is 6. The molecule has 0 aliphatic carbocycles. The highest BCUT2D eigenvalue weighted by molar-refractivity contribution is 5.69. The molecule has 21 heavy (non-hydrogen) atoms. The molecular formula is C18H27N3. The Morgan fingerprint density at radius 2 is 1.95 bits per heavy atom. The van der Waals surface area contributed by atoms with E-state index in [1.54, 1.807) is 0 Å². The van der Waals surface area contributed by atoms with Crippen molar-refractivity contribution in [3.8, 4) is 0 Å². The molecule has 1 aromatic carbocycles. The van der Waals surface area contributed by atoms with Crippen LogP contribution in [0, 0.1) is 5.92 Å². The third-order valence-electron chi connectivity index (χ3n) is 4.13. The Kier molecular flexibility index (Phi) is 5.57. The van der Waals surface area contributed by atoms with Gasteiger partial charge in [0.15, 0.2) is 0 Å². The van der Waals surface area contributed by atoms with E-state index in [0.717, 1.165) is 43.4 Å². The molecule has 0 bridgehead atoms. The molecule has 0 saturated carbocycles. The number of hydrogen-bond acceptors (Lipinski definition) is 3. The van der Waals surface area contributed by atoms with Gasteiger partial charge in [0, 0.05) is 37.4 Å². The van der Waals surface area contributed by atoms with Crippen molar-refractivity contribution in [2.24, 2.45) is 10.9 Å². The van der Waals surface area contributed by atoms with E-state index in [1.807, 2.05) is 6.07 Å². The average Bonchev–Trinajstić information content (AvgIpc) is 2.52. The zero-order valence-corrected chi connectivity index (χ0v) is 13.4. The van der Waals surface area contributed by atoms with E-state index in [-0.39, 0.29) is 0 Å². The Balaban J connectivity index is 1.93. The van der Waals surface area contributed by atoms with E-state index < -0.39 is 0 Å². The van der Waals surface area contributed by atoms with Gasteiger partial charge in [-0.2, -0.15) is 0 Å². The Bertz CT molecular complexity index is 485. The molecule has 1 heterocycles. The van der Waals surface area contributed by atoms with Crippen molar-refractivity contribution in [3.63, 3.8) is 0 Å². The van der Waals surface area contributed by atoms with E-state index in [9.17, 15) is 0 Å². The molecule has 1 fully saturated rings. The fraction of sp³-hybridized carbons (Fsp3) is 0.500. The summed E-state index contributed by atoms with van der Waals surface area (Å²) in [6.45, 7) is 17.8. The molecule has 0 spiro atoms. The maximum Gasteiger partial charge on any atom is 0.0623 e. The van der Waals surface area contributed by atoms with Gasteiger partial charge >= 0.3 is 0 Å². The summed E-state index contributed by atoms with van der Waals surface area (Å²) in [7, 11) is 0. The number of piperazine rings is 1. The maximum absolute atomic E-state index is 3.93. The van der Waals surface area contributed by atoms with Gasteiger partial charge in [-0.1, -0.05) is 32.6 Å². The Labute approximate surface area is 129 Å². The molecule has 1 aromatic rings. The third-order valence-corrected chi connectivity index (χ3v) is 4.13. The number of aliphatic imine (C=N–C) groups is 1. The minimum absolute atomic E-state index is 0.743. The highest BCUT2D eigenvalue weighted by Gasteiger charge is 2.17. The summed E-state index contributed by atoms with van der Waals surface area (Å²) >= 11 is 0. The smallest absolute Gasteiger partial charge is 0.0623 e. The number of hydrogen-bond donors (Lipinski definition) is 0. The second-order valence-electron chi connectivity index (χ2n) is 6.17. The second-order valence-corrected chi connectivity index (χ2v) is 6.17. The van der Waals surface area contributed by atoms with Crippen LogP contribution in [-0.2, 0) is 0 Å². The van der Waals surface area contributed by atoms with E-state index in [1.165, 1.54) is 18.7 Å². The van der Waals surface area contributed by atoms with Crippen LogP contribution in [-0.4, -0.2) is 44.3 Å². The average molecular weight is 285 g/mol. The van der Waals surface area contributed by atoms with Crippen molar-refractivity contribution in [1.29, 1.82) is 0 Å². The van der Waals surface area contributed by atoms with E-state index >= 15 is 0 Å². The van der Waals surface area contributed by atoms with Crippen molar-refractivity contribution in [2.45, 2.75) is 20.3 Å². The van der Waals surface area contributed by atoms with Gasteiger partial charge in [0.25, 0.3) is 0 Å². The van der Waals surface area contributed by atoms with Gasteiger partial charge in [0.1, 0.15) is 0 Å². The van der Waals surface area contributed by atoms with Crippen molar-refractivity contribution >= 4 is 18.1 Å². The number of nitrogens with zero attached hydrogens (tertiary/aromatic N) is 3. The molecule has 1 saturated heterocycles. The van der Waals surface area contributed by atoms with Gasteiger partial charge < -0.3 is 4.90 Å². The molecule has 3 nitrogen and oxygen atoms in total. The summed E-state index contributed by atoms with van der Waals surface area (Å²) < 4.78 is 0. The van der Waals surface area contributed by atoms with Crippen molar-refractivity contribution in [1.82, 2.24) is 4.90 Å². The van der Waals surface area contributed by atoms with Gasteiger partial charge in [-0.05, 0) is 37.7 Å². The first-order valence-electron chi connectivity index (χ1n) is 7.83. The largest absolute Gasteiger partial charge is 0.369 e. The molecule has 0 atom stereocenters. The first kappa shape index (κ1) is 15.8. The molecule has 114 valence electrons. The lowest BCUT2D eigenvalue weighted by molar-refractivity contribution is 0.244. The lowest BCUT2D eigenvalue weighted by atomic mass is 10.1. The quantitative estimate of drug-likeness (QED) is 0.745. The molecule has 0 radical (unpaired) electrons. The second kappa shape index (κ2) is 7.41. The highest BCUT2D eigenvalue weighted by atomic mass is 15.3. The van der Waals surface area contributed by atoms with Crippen LogP contribution < -0.4 is 4.90 Å². The summed E-state index contributed by atoms with van der Waals surface area (Å²) in [6.07, 6.45) is 1.29. The normalized spacial score (nSPS) is 16.2. The summed E-state index contributed by atoms with van der Waals surface area (Å²) in [6, 6.07) is 8.45. The van der Waals surface area contributed by atoms with Crippen LogP contribution in [0.4, 0.5) is 5.69 Å². The van der Waals surface area contributed by atoms with Crippen LogP contribution in [0.5, 0.6) is 0 Å². The minimum Gasteiger partial charge on any atom is -0.369 e. The first-order chi connectivity index (χ1) is 10.1. The summed E-state index contributed by atoms with van der Waals surface area (Å²) in [5, 5.41) is 0. The Hall–Kier alpha value is -1.61. The lowest BCUT2D eigenvalue weighted by Crippen LogP contribution is -2.46. The van der Waals surface area contributed by atoms with Gasteiger partial charge in [0.05, 0.1) is 5.70 Å². The Morgan fingerprint density at radius 3 is 2.57 bits per heavy atom. The maximum atomic E-state index is 3.93. The summed E-state index contributed by atoms with van der Waals surface area (Å²) in [5.41, 5.74) is 3.07. The van der Waals surface area contributed by atoms with Crippen LogP contribution >= 0.6 is 0 Å². The van der Waals surface area contributed by atoms with Gasteiger partial charge in [-0.15, -0.1) is 0 Å². The van der Waals surface area contributed by atoms with Gasteiger partial charge in [0.2, 0.25) is 0 Å². The lowest BCUT2D eigenvalue weighted by Gasteiger charge is -2.36. The van der Waals surface area contributed by atoms with Crippen molar-refractivity contribution in [3.05, 3.63) is 36.4 Å². The molecule has 0 N–H and O–H groups in total. The van der Waals surface area contributed by atoms with Crippen LogP contribution in [0.25, 0.3) is 5.70 Å². The van der Waals surface area contributed by atoms with Crippen LogP contribution in [0.3, 0.4) is 0 Å². The predicted octanol–water partition coefficient (Wildman–Crippen LogP) is 3.53. The third kappa shape index (κ3) is 4.43. The van der Waals surface area contributed by atoms with E-state index in [2.05, 4.69) is 60.1 Å². The molecule has 0 aromatic heterocycles. The zero-order chi connectivity index (χ0) is 15.2. The molecule has 0 amide bonds. The fourth-order valence-electron chi connectivity index (χ4n) is 2.64. The molecular weight excluding hydrogens is 258 g/mol.